The number of alkyl halides is 3. The molecule has 0 aliphatic carbocycles. The van der Waals surface area contributed by atoms with E-state index in [-0.39, 0.29) is 6.10 Å². The Morgan fingerprint density at radius 2 is 1.60 bits per heavy atom. The van der Waals surface area contributed by atoms with Crippen LogP contribution in [0.3, 0.4) is 0 Å². The van der Waals surface area contributed by atoms with Crippen LogP contribution >= 0.6 is 0 Å². The number of halogens is 3. The van der Waals surface area contributed by atoms with E-state index in [4.69, 9.17) is 9.47 Å². The Balaban J connectivity index is 1.55. The van der Waals surface area contributed by atoms with Gasteiger partial charge in [0.25, 0.3) is 0 Å². The summed E-state index contributed by atoms with van der Waals surface area (Å²) in [6.45, 7) is 4.81. The average molecular weight is 484 g/mol. The van der Waals surface area contributed by atoms with E-state index in [2.05, 4.69) is 5.10 Å². The fourth-order valence-corrected chi connectivity index (χ4v) is 3.62. The zero-order valence-electron chi connectivity index (χ0n) is 19.2. The molecule has 0 spiro atoms. The fourth-order valence-electron chi connectivity index (χ4n) is 3.62. The van der Waals surface area contributed by atoms with Crippen LogP contribution in [0, 0.1) is 0 Å². The number of hydrogen-bond acceptors (Lipinski definition) is 4. The normalized spacial score (nSPS) is 13.0. The predicted octanol–water partition coefficient (Wildman–Crippen LogP) is 6.43. The molecule has 3 aromatic carbocycles. The first kappa shape index (κ1) is 24.1. The zero-order valence-corrected chi connectivity index (χ0v) is 19.2. The van der Waals surface area contributed by atoms with E-state index in [1.54, 1.807) is 35.1 Å². The first-order valence-electron chi connectivity index (χ1n) is 10.8. The first-order valence-corrected chi connectivity index (χ1v) is 10.8. The molecule has 1 aromatic heterocycles. The maximum atomic E-state index is 12.9. The number of aliphatic carboxylic acids is 1. The molecule has 6 nitrogen and oxygen atoms in total. The van der Waals surface area contributed by atoms with Gasteiger partial charge >= 0.3 is 12.1 Å². The Labute approximate surface area is 199 Å². The summed E-state index contributed by atoms with van der Waals surface area (Å²) >= 11 is 0. The number of fused-ring (bicyclic) bond motifs is 1. The third-order valence-electron chi connectivity index (χ3n) is 5.55. The molecule has 0 aliphatic rings. The number of carboxylic acid groups (broad SMARTS) is 1. The van der Waals surface area contributed by atoms with E-state index in [9.17, 15) is 23.1 Å². The molecule has 9 heteroatoms. The maximum Gasteiger partial charge on any atom is 0.416 e. The Morgan fingerprint density at radius 3 is 2.20 bits per heavy atom. The lowest BCUT2D eigenvalue weighted by Gasteiger charge is -2.22. The molecule has 4 rings (SSSR count). The van der Waals surface area contributed by atoms with Crippen molar-refractivity contribution < 1.29 is 32.5 Å². The lowest BCUT2D eigenvalue weighted by molar-refractivity contribution is -0.152. The number of rotatable bonds is 7. The summed E-state index contributed by atoms with van der Waals surface area (Å²) in [4.78, 5) is 11.2. The fraction of sp³-hybridized carbons (Fsp3) is 0.231. The quantitative estimate of drug-likeness (QED) is 0.327. The highest BCUT2D eigenvalue weighted by Crippen LogP contribution is 2.32. The zero-order chi connectivity index (χ0) is 25.4. The van der Waals surface area contributed by atoms with Gasteiger partial charge in [-0.05, 0) is 75.4 Å². The van der Waals surface area contributed by atoms with E-state index < -0.39 is 23.3 Å². The van der Waals surface area contributed by atoms with Gasteiger partial charge in [-0.1, -0.05) is 12.1 Å². The molecule has 0 amide bonds. The van der Waals surface area contributed by atoms with E-state index in [0.29, 0.717) is 17.2 Å². The van der Waals surface area contributed by atoms with Gasteiger partial charge in [0.2, 0.25) is 0 Å². The predicted molar refractivity (Wildman–Crippen MR) is 124 cm³/mol. The summed E-state index contributed by atoms with van der Waals surface area (Å²) in [5.41, 5.74) is 0.0192. The van der Waals surface area contributed by atoms with Crippen molar-refractivity contribution in [2.24, 2.45) is 0 Å². The molecule has 0 saturated carbocycles. The van der Waals surface area contributed by atoms with Crippen LogP contribution in [0.15, 0.2) is 72.9 Å². The third kappa shape index (κ3) is 5.08. The standard InChI is InChI=1S/C26H23F3N2O4/c1-16(34-19-11-13-20(14-12-19)35-25(2,3)24(32)33)21-5-4-6-23-22(21)15-30-31(23)18-9-7-17(8-10-18)26(27,28)29/h4-16H,1-3H3,(H,32,33). The minimum atomic E-state index is -4.40. The van der Waals surface area contributed by atoms with Gasteiger partial charge < -0.3 is 14.6 Å². The maximum absolute atomic E-state index is 12.9. The van der Waals surface area contributed by atoms with Gasteiger partial charge in [0, 0.05) is 10.9 Å². The minimum absolute atomic E-state index is 0.369. The van der Waals surface area contributed by atoms with Gasteiger partial charge in [-0.3, -0.25) is 0 Å². The molecule has 182 valence electrons. The van der Waals surface area contributed by atoms with Gasteiger partial charge in [0.15, 0.2) is 5.60 Å². The molecular formula is C26H23F3N2O4. The van der Waals surface area contributed by atoms with Crippen LogP contribution in [0.2, 0.25) is 0 Å². The molecule has 0 fully saturated rings. The van der Waals surface area contributed by atoms with E-state index in [1.807, 2.05) is 25.1 Å². The molecule has 0 bridgehead atoms. The number of carboxylic acids is 1. The summed E-state index contributed by atoms with van der Waals surface area (Å²) in [5, 5.41) is 14.4. The summed E-state index contributed by atoms with van der Waals surface area (Å²) in [5.74, 6) is -0.112. The van der Waals surface area contributed by atoms with Crippen molar-refractivity contribution >= 4 is 16.9 Å². The highest BCUT2D eigenvalue weighted by atomic mass is 19.4. The molecule has 0 radical (unpaired) electrons. The minimum Gasteiger partial charge on any atom is -0.486 e. The molecule has 1 atom stereocenters. The Kier molecular flexibility index (Phi) is 6.19. The largest absolute Gasteiger partial charge is 0.486 e. The highest BCUT2D eigenvalue weighted by Gasteiger charge is 2.30. The monoisotopic (exact) mass is 484 g/mol. The molecular weight excluding hydrogens is 461 g/mol. The Hall–Kier alpha value is -4.01. The number of hydrogen-bond donors (Lipinski definition) is 1. The first-order chi connectivity index (χ1) is 16.5. The molecule has 0 aliphatic heterocycles. The lowest BCUT2D eigenvalue weighted by atomic mass is 10.1. The second kappa shape index (κ2) is 8.98. The molecule has 1 N–H and O–H groups in total. The van der Waals surface area contributed by atoms with Crippen LogP contribution in [-0.2, 0) is 11.0 Å². The van der Waals surface area contributed by atoms with E-state index >= 15 is 0 Å². The topological polar surface area (TPSA) is 73.6 Å². The lowest BCUT2D eigenvalue weighted by Crippen LogP contribution is -2.37. The molecule has 1 heterocycles. The van der Waals surface area contributed by atoms with Crippen molar-refractivity contribution in [1.82, 2.24) is 9.78 Å². The third-order valence-corrected chi connectivity index (χ3v) is 5.55. The summed E-state index contributed by atoms with van der Waals surface area (Å²) in [7, 11) is 0. The second-order valence-electron chi connectivity index (χ2n) is 8.53. The van der Waals surface area contributed by atoms with Crippen LogP contribution in [-0.4, -0.2) is 26.5 Å². The van der Waals surface area contributed by atoms with Crippen LogP contribution in [0.5, 0.6) is 11.5 Å². The van der Waals surface area contributed by atoms with Crippen molar-refractivity contribution in [2.45, 2.75) is 38.7 Å². The van der Waals surface area contributed by atoms with Crippen LogP contribution < -0.4 is 9.47 Å². The smallest absolute Gasteiger partial charge is 0.416 e. The molecule has 35 heavy (non-hydrogen) atoms. The van der Waals surface area contributed by atoms with Crippen molar-refractivity contribution in [3.8, 4) is 17.2 Å². The number of nitrogens with zero attached hydrogens (tertiary/aromatic N) is 2. The van der Waals surface area contributed by atoms with Gasteiger partial charge in [0.1, 0.15) is 17.6 Å². The van der Waals surface area contributed by atoms with Crippen LogP contribution in [0.25, 0.3) is 16.6 Å². The van der Waals surface area contributed by atoms with E-state index in [1.165, 1.54) is 26.0 Å². The van der Waals surface area contributed by atoms with Crippen molar-refractivity contribution in [3.63, 3.8) is 0 Å². The van der Waals surface area contributed by atoms with Crippen molar-refractivity contribution in [3.05, 3.63) is 84.1 Å². The van der Waals surface area contributed by atoms with Crippen LogP contribution in [0.4, 0.5) is 13.2 Å². The Morgan fingerprint density at radius 1 is 0.971 bits per heavy atom. The SMILES string of the molecule is CC(Oc1ccc(OC(C)(C)C(=O)O)cc1)c1cccc2c1cnn2-c1ccc(C(F)(F)F)cc1. The molecule has 0 saturated heterocycles. The highest BCUT2D eigenvalue weighted by molar-refractivity contribution is 5.84. The van der Waals surface area contributed by atoms with Crippen LogP contribution in [0.1, 0.15) is 38.0 Å². The van der Waals surface area contributed by atoms with E-state index in [0.717, 1.165) is 28.6 Å². The molecule has 1 unspecified atom stereocenters. The van der Waals surface area contributed by atoms with Crippen molar-refractivity contribution in [2.75, 3.05) is 0 Å². The Bertz CT molecular complexity index is 1340. The number of carbonyl (C=O) groups is 1. The average Bonchev–Trinajstić information content (AvgIpc) is 3.24. The number of benzene rings is 3. The second-order valence-corrected chi connectivity index (χ2v) is 8.53. The number of aromatic nitrogens is 2. The van der Waals surface area contributed by atoms with Gasteiger partial charge in [-0.2, -0.15) is 18.3 Å². The summed E-state index contributed by atoms with van der Waals surface area (Å²) in [6.07, 6.45) is -3.11. The summed E-state index contributed by atoms with van der Waals surface area (Å²) < 4.78 is 51.9. The summed E-state index contributed by atoms with van der Waals surface area (Å²) in [6, 6.07) is 17.1. The molecule has 4 aromatic rings. The van der Waals surface area contributed by atoms with Crippen molar-refractivity contribution in [1.29, 1.82) is 0 Å². The van der Waals surface area contributed by atoms with Gasteiger partial charge in [-0.25, -0.2) is 9.48 Å². The van der Waals surface area contributed by atoms with Gasteiger partial charge in [-0.15, -0.1) is 0 Å². The van der Waals surface area contributed by atoms with Gasteiger partial charge in [0.05, 0.1) is 23.0 Å². The number of ether oxygens (including phenoxy) is 2.